The molecule has 0 atom stereocenters. The van der Waals surface area contributed by atoms with E-state index in [-0.39, 0.29) is 11.3 Å². The van der Waals surface area contributed by atoms with Crippen LogP contribution >= 0.6 is 0 Å². The van der Waals surface area contributed by atoms with Gasteiger partial charge in [-0.2, -0.15) is 0 Å². The summed E-state index contributed by atoms with van der Waals surface area (Å²) in [6.45, 7) is -6.04. The van der Waals surface area contributed by atoms with Gasteiger partial charge in [0.2, 0.25) is 10.0 Å². The Morgan fingerprint density at radius 2 is 1.94 bits per heavy atom. The van der Waals surface area contributed by atoms with Crippen molar-refractivity contribution in [2.24, 2.45) is 0 Å². The molecule has 100 valence electrons. The second kappa shape index (κ2) is 5.97. The molecule has 0 aliphatic carbocycles. The average molecular weight is 276 g/mol. The fourth-order valence-corrected chi connectivity index (χ4v) is 1.80. The van der Waals surface area contributed by atoms with Gasteiger partial charge >= 0.3 is 0 Å². The molecule has 5 nitrogen and oxygen atoms in total. The van der Waals surface area contributed by atoms with Crippen molar-refractivity contribution in [2.75, 3.05) is 17.5 Å². The third kappa shape index (κ3) is 5.29. The van der Waals surface area contributed by atoms with E-state index in [4.69, 9.17) is 8.22 Å². The number of benzene rings is 1. The second-order valence-corrected chi connectivity index (χ2v) is 5.44. The van der Waals surface area contributed by atoms with Crippen LogP contribution in [0.1, 0.15) is 32.3 Å². The van der Waals surface area contributed by atoms with Crippen molar-refractivity contribution in [1.82, 2.24) is 5.32 Å². The number of sulfonamides is 1. The summed E-state index contributed by atoms with van der Waals surface area (Å²) in [4.78, 5) is 12.0. The third-order valence-corrected chi connectivity index (χ3v) is 2.58. The van der Waals surface area contributed by atoms with Crippen molar-refractivity contribution < 1.29 is 21.4 Å². The summed E-state index contributed by atoms with van der Waals surface area (Å²) in [6, 6.07) is 3.65. The van der Waals surface area contributed by atoms with E-state index in [1.165, 1.54) is 24.3 Å². The van der Waals surface area contributed by atoms with Crippen LogP contribution in [0.5, 0.6) is 0 Å². The van der Waals surface area contributed by atoms with E-state index < -0.39 is 42.1 Å². The molecule has 0 aliphatic heterocycles. The van der Waals surface area contributed by atoms with Crippen molar-refractivity contribution in [3.8, 4) is 0 Å². The van der Waals surface area contributed by atoms with Crippen LogP contribution in [0.2, 0.25) is 0 Å². The van der Waals surface area contributed by atoms with Crippen LogP contribution in [0, 0.1) is 0 Å². The molecule has 0 heterocycles. The minimum Gasteiger partial charge on any atom is -0.307 e. The number of carbonyl (C=O) groups is 1. The number of hydrogen-bond donors (Lipinski definition) is 2. The highest BCUT2D eigenvalue weighted by Crippen LogP contribution is 2.11. The summed E-state index contributed by atoms with van der Waals surface area (Å²) in [7, 11) is -3.44. The average Bonchev–Trinajstić information content (AvgIpc) is 2.34. The van der Waals surface area contributed by atoms with E-state index in [9.17, 15) is 13.2 Å². The van der Waals surface area contributed by atoms with Gasteiger partial charge in [-0.15, -0.1) is 0 Å². The molecule has 6 heteroatoms. The van der Waals surface area contributed by atoms with Gasteiger partial charge in [0.15, 0.2) is 5.78 Å². The Labute approximate surface area is 116 Å². The number of nitrogens with one attached hydrogen (secondary N) is 2. The van der Waals surface area contributed by atoms with Crippen molar-refractivity contribution in [3.63, 3.8) is 0 Å². The molecule has 0 spiro atoms. The predicted octanol–water partition coefficient (Wildman–Crippen LogP) is 1.24. The minimum atomic E-state index is -3.44. The van der Waals surface area contributed by atoms with Crippen LogP contribution < -0.4 is 10.0 Å². The van der Waals surface area contributed by atoms with Crippen LogP contribution in [0.15, 0.2) is 24.3 Å². The van der Waals surface area contributed by atoms with Gasteiger partial charge in [0.1, 0.15) is 0 Å². The highest BCUT2D eigenvalue weighted by Gasteiger charge is 2.07. The topological polar surface area (TPSA) is 75.3 Å². The first-order valence-corrected chi connectivity index (χ1v) is 6.94. The molecular weight excluding hydrogens is 252 g/mol. The van der Waals surface area contributed by atoms with Crippen LogP contribution in [0.25, 0.3) is 0 Å². The highest BCUT2D eigenvalue weighted by atomic mass is 32.2. The Morgan fingerprint density at radius 3 is 2.44 bits per heavy atom. The summed E-state index contributed by atoms with van der Waals surface area (Å²) < 4.78 is 67.9. The summed E-state index contributed by atoms with van der Waals surface area (Å²) in [5.41, 5.74) is 0.459. The largest absolute Gasteiger partial charge is 0.307 e. The fraction of sp³-hybridized carbons (Fsp3) is 0.417. The lowest BCUT2D eigenvalue weighted by atomic mass is 10.1. The van der Waals surface area contributed by atoms with Gasteiger partial charge < -0.3 is 5.32 Å². The lowest BCUT2D eigenvalue weighted by Crippen LogP contribution is -2.29. The molecule has 0 radical (unpaired) electrons. The van der Waals surface area contributed by atoms with Crippen molar-refractivity contribution in [3.05, 3.63) is 29.8 Å². The molecule has 0 aliphatic rings. The number of ketones is 1. The molecule has 0 amide bonds. The van der Waals surface area contributed by atoms with E-state index >= 15 is 0 Å². The maximum Gasteiger partial charge on any atom is 0.229 e. The van der Waals surface area contributed by atoms with Gasteiger partial charge in [-0.25, -0.2) is 8.42 Å². The van der Waals surface area contributed by atoms with E-state index in [1.807, 2.05) is 0 Å². The minimum absolute atomic E-state index is 0.191. The third-order valence-electron chi connectivity index (χ3n) is 1.98. The Balaban J connectivity index is 2.78. The van der Waals surface area contributed by atoms with Gasteiger partial charge in [0, 0.05) is 25.5 Å². The molecule has 2 N–H and O–H groups in total. The van der Waals surface area contributed by atoms with Gasteiger partial charge in [0.05, 0.1) is 12.8 Å². The van der Waals surface area contributed by atoms with Crippen molar-refractivity contribution in [2.45, 2.75) is 19.7 Å². The molecule has 0 unspecified atom stereocenters. The zero-order valence-electron chi connectivity index (χ0n) is 15.7. The Morgan fingerprint density at radius 1 is 1.33 bits per heavy atom. The van der Waals surface area contributed by atoms with E-state index in [0.29, 0.717) is 0 Å². The molecule has 1 rings (SSSR count). The zero-order chi connectivity index (χ0) is 18.8. The SMILES string of the molecule is [2H]C([2H])([2H])C(NCC(=O)c1ccc(NS(C)(=O)=O)cc1)C([2H])([2H])[2H]. The molecule has 0 aromatic heterocycles. The molecular formula is C12H18N2O3S. The smallest absolute Gasteiger partial charge is 0.229 e. The van der Waals surface area contributed by atoms with Crippen molar-refractivity contribution in [1.29, 1.82) is 0 Å². The number of hydrogen-bond acceptors (Lipinski definition) is 4. The van der Waals surface area contributed by atoms with Gasteiger partial charge in [0.25, 0.3) is 0 Å². The first-order valence-electron chi connectivity index (χ1n) is 8.04. The summed E-state index contributed by atoms with van der Waals surface area (Å²) >= 11 is 0. The molecule has 0 saturated carbocycles. The Bertz CT molecular complexity index is 668. The van der Waals surface area contributed by atoms with Gasteiger partial charge in [-0.3, -0.25) is 9.52 Å². The van der Waals surface area contributed by atoms with E-state index in [2.05, 4.69) is 10.0 Å². The summed E-state index contributed by atoms with van der Waals surface area (Å²) in [6.07, 6.45) is 0.986. The van der Waals surface area contributed by atoms with Crippen LogP contribution in [-0.4, -0.2) is 33.0 Å². The molecule has 1 aromatic rings. The van der Waals surface area contributed by atoms with Gasteiger partial charge in [-0.1, -0.05) is 13.7 Å². The molecule has 18 heavy (non-hydrogen) atoms. The molecule has 0 bridgehead atoms. The lowest BCUT2D eigenvalue weighted by molar-refractivity contribution is 0.0988. The number of carbonyl (C=O) groups excluding carboxylic acids is 1. The van der Waals surface area contributed by atoms with Crippen molar-refractivity contribution >= 4 is 21.5 Å². The zero-order valence-corrected chi connectivity index (χ0v) is 10.5. The van der Waals surface area contributed by atoms with Crippen LogP contribution in [-0.2, 0) is 10.0 Å². The quantitative estimate of drug-likeness (QED) is 0.767. The van der Waals surface area contributed by atoms with Crippen LogP contribution in [0.3, 0.4) is 0 Å². The maximum atomic E-state index is 12.0. The van der Waals surface area contributed by atoms with Gasteiger partial charge in [-0.05, 0) is 24.3 Å². The maximum absolute atomic E-state index is 12.0. The molecule has 1 aromatic carbocycles. The Hall–Kier alpha value is -1.40. The molecule has 0 fully saturated rings. The number of rotatable bonds is 6. The highest BCUT2D eigenvalue weighted by molar-refractivity contribution is 7.92. The van der Waals surface area contributed by atoms with E-state index in [0.717, 1.165) is 6.26 Å². The first-order chi connectivity index (χ1) is 10.7. The lowest BCUT2D eigenvalue weighted by Gasteiger charge is -2.08. The summed E-state index contributed by atoms with van der Waals surface area (Å²) in [5.74, 6) is -0.514. The normalized spacial score (nSPS) is 17.9. The predicted molar refractivity (Wildman–Crippen MR) is 72.4 cm³/mol. The van der Waals surface area contributed by atoms with Crippen LogP contribution in [0.4, 0.5) is 5.69 Å². The number of Topliss-reactive ketones (excluding diaryl/α,β-unsaturated/α-hetero) is 1. The summed E-state index contributed by atoms with van der Waals surface area (Å²) in [5, 5.41) is 2.26. The second-order valence-electron chi connectivity index (χ2n) is 3.69. The van der Waals surface area contributed by atoms with E-state index in [1.54, 1.807) is 0 Å². The molecule has 0 saturated heterocycles. The number of anilines is 1. The monoisotopic (exact) mass is 276 g/mol. The Kier molecular flexibility index (Phi) is 2.62. The fourth-order valence-electron chi connectivity index (χ4n) is 1.24. The standard InChI is InChI=1S/C12H18N2O3S/c1-9(2)13-8-12(15)10-4-6-11(7-5-10)14-18(3,16)17/h4-7,9,13-14H,8H2,1-3H3/i1D3,2D3. The first kappa shape index (κ1) is 7.91.